The highest BCUT2D eigenvalue weighted by atomic mass is 35.5. The molecule has 0 saturated heterocycles. The summed E-state index contributed by atoms with van der Waals surface area (Å²) in [6, 6.07) is 6.14. The first kappa shape index (κ1) is 19.2. The molecule has 0 aliphatic rings. The van der Waals surface area contributed by atoms with E-state index in [-0.39, 0.29) is 36.1 Å². The molecular weight excluding hydrogens is 369 g/mol. The molecule has 2 amide bonds. The van der Waals surface area contributed by atoms with E-state index in [2.05, 4.69) is 10.5 Å². The van der Waals surface area contributed by atoms with E-state index >= 15 is 0 Å². The zero-order valence-electron chi connectivity index (χ0n) is 13.7. The van der Waals surface area contributed by atoms with Crippen LogP contribution >= 0.6 is 23.2 Å². The van der Waals surface area contributed by atoms with Crippen molar-refractivity contribution in [3.8, 4) is 0 Å². The number of carbonyl (C=O) groups is 2. The quantitative estimate of drug-likeness (QED) is 0.791. The van der Waals surface area contributed by atoms with Crippen LogP contribution in [0.15, 0.2) is 28.8 Å². The number of aryl methyl sites for hydroxylation is 1. The van der Waals surface area contributed by atoms with Crippen molar-refractivity contribution in [2.45, 2.75) is 6.92 Å². The Kier molecular flexibility index (Phi) is 6.81. The van der Waals surface area contributed by atoms with Crippen molar-refractivity contribution in [2.75, 3.05) is 32.1 Å². The van der Waals surface area contributed by atoms with Gasteiger partial charge in [-0.25, -0.2) is 0 Å². The van der Waals surface area contributed by atoms with Gasteiger partial charge in [-0.05, 0) is 25.1 Å². The zero-order valence-corrected chi connectivity index (χ0v) is 15.2. The fourth-order valence-corrected chi connectivity index (χ4v) is 2.56. The number of ether oxygens (including phenoxy) is 1. The molecule has 1 aromatic carbocycles. The summed E-state index contributed by atoms with van der Waals surface area (Å²) in [4.78, 5) is 26.2. The van der Waals surface area contributed by atoms with Gasteiger partial charge in [0.05, 0.1) is 17.2 Å². The molecule has 0 atom stereocenters. The molecule has 2 aromatic rings. The lowest BCUT2D eigenvalue weighted by atomic mass is 10.2. The number of hydrogen-bond acceptors (Lipinski definition) is 5. The average molecular weight is 386 g/mol. The Morgan fingerprint density at radius 3 is 2.68 bits per heavy atom. The SMILES string of the molecule is COCCN(CC(=O)Nc1cc(C)on1)C(=O)c1ccc(Cl)cc1Cl. The number of nitrogens with one attached hydrogen (secondary N) is 1. The monoisotopic (exact) mass is 385 g/mol. The molecule has 1 aromatic heterocycles. The van der Waals surface area contributed by atoms with Crippen LogP contribution < -0.4 is 5.32 Å². The van der Waals surface area contributed by atoms with E-state index in [9.17, 15) is 9.59 Å². The second-order valence-electron chi connectivity index (χ2n) is 5.21. The first-order valence-electron chi connectivity index (χ1n) is 7.37. The summed E-state index contributed by atoms with van der Waals surface area (Å²) < 4.78 is 9.89. The molecule has 0 bridgehead atoms. The molecule has 0 saturated carbocycles. The summed E-state index contributed by atoms with van der Waals surface area (Å²) in [5.74, 6) is 0.0368. The Hall–Kier alpha value is -2.09. The lowest BCUT2D eigenvalue weighted by Crippen LogP contribution is -2.40. The second-order valence-corrected chi connectivity index (χ2v) is 6.06. The summed E-state index contributed by atoms with van der Waals surface area (Å²) in [5, 5.41) is 6.88. The van der Waals surface area contributed by atoms with E-state index in [4.69, 9.17) is 32.5 Å². The molecule has 1 heterocycles. The molecule has 0 radical (unpaired) electrons. The largest absolute Gasteiger partial charge is 0.383 e. The van der Waals surface area contributed by atoms with Gasteiger partial charge in [0.2, 0.25) is 5.91 Å². The van der Waals surface area contributed by atoms with Crippen LogP contribution in [-0.2, 0) is 9.53 Å². The normalized spacial score (nSPS) is 10.6. The fourth-order valence-electron chi connectivity index (χ4n) is 2.07. The number of aromatic nitrogens is 1. The van der Waals surface area contributed by atoms with E-state index in [0.717, 1.165) is 0 Å². The van der Waals surface area contributed by atoms with E-state index in [0.29, 0.717) is 10.8 Å². The highest BCUT2D eigenvalue weighted by Crippen LogP contribution is 2.22. The Morgan fingerprint density at radius 1 is 1.32 bits per heavy atom. The van der Waals surface area contributed by atoms with Crippen LogP contribution in [0.3, 0.4) is 0 Å². The first-order chi connectivity index (χ1) is 11.9. The highest BCUT2D eigenvalue weighted by molar-refractivity contribution is 6.36. The third kappa shape index (κ3) is 5.45. The van der Waals surface area contributed by atoms with Gasteiger partial charge in [0.15, 0.2) is 5.82 Å². The third-order valence-electron chi connectivity index (χ3n) is 3.24. The number of carbonyl (C=O) groups excluding carboxylic acids is 2. The van der Waals surface area contributed by atoms with Crippen LogP contribution in [0.25, 0.3) is 0 Å². The van der Waals surface area contributed by atoms with E-state index in [1.165, 1.54) is 24.1 Å². The summed E-state index contributed by atoms with van der Waals surface area (Å²) in [5.41, 5.74) is 0.257. The lowest BCUT2D eigenvalue weighted by Gasteiger charge is -2.22. The number of hydrogen-bond donors (Lipinski definition) is 1. The molecule has 0 spiro atoms. The van der Waals surface area contributed by atoms with Crippen LogP contribution in [0.4, 0.5) is 5.82 Å². The number of amides is 2. The minimum Gasteiger partial charge on any atom is -0.383 e. The number of methoxy groups -OCH3 is 1. The van der Waals surface area contributed by atoms with E-state index in [1.807, 2.05) is 0 Å². The molecule has 9 heteroatoms. The predicted molar refractivity (Wildman–Crippen MR) is 94.1 cm³/mol. The van der Waals surface area contributed by atoms with Gasteiger partial charge >= 0.3 is 0 Å². The maximum Gasteiger partial charge on any atom is 0.255 e. The Labute approximate surface area is 154 Å². The highest BCUT2D eigenvalue weighted by Gasteiger charge is 2.21. The molecule has 2 rings (SSSR count). The van der Waals surface area contributed by atoms with Crippen molar-refractivity contribution in [3.05, 3.63) is 45.6 Å². The zero-order chi connectivity index (χ0) is 18.4. The first-order valence-corrected chi connectivity index (χ1v) is 8.12. The lowest BCUT2D eigenvalue weighted by molar-refractivity contribution is -0.117. The van der Waals surface area contributed by atoms with Gasteiger partial charge < -0.3 is 19.5 Å². The van der Waals surface area contributed by atoms with Gasteiger partial charge in [-0.3, -0.25) is 9.59 Å². The van der Waals surface area contributed by atoms with Gasteiger partial charge in [0.1, 0.15) is 12.3 Å². The summed E-state index contributed by atoms with van der Waals surface area (Å²) in [6.45, 7) is 2.01. The summed E-state index contributed by atoms with van der Waals surface area (Å²) in [7, 11) is 1.51. The topological polar surface area (TPSA) is 84.7 Å². The van der Waals surface area contributed by atoms with Crippen molar-refractivity contribution in [1.82, 2.24) is 10.1 Å². The standard InChI is InChI=1S/C16H17Cl2N3O4/c1-10-7-14(20-25-10)19-15(22)9-21(5-6-24-2)16(23)12-4-3-11(17)8-13(12)18/h3-4,7-8H,5-6,9H2,1-2H3,(H,19,20,22). The molecule has 25 heavy (non-hydrogen) atoms. The van der Waals surface area contributed by atoms with Crippen molar-refractivity contribution >= 4 is 40.8 Å². The predicted octanol–water partition coefficient (Wildman–Crippen LogP) is 3.02. The molecule has 134 valence electrons. The molecule has 0 fully saturated rings. The van der Waals surface area contributed by atoms with Crippen LogP contribution in [0, 0.1) is 6.92 Å². The maximum absolute atomic E-state index is 12.7. The molecule has 0 aliphatic heterocycles. The summed E-state index contributed by atoms with van der Waals surface area (Å²) >= 11 is 11.9. The van der Waals surface area contributed by atoms with E-state index < -0.39 is 11.8 Å². The number of anilines is 1. The smallest absolute Gasteiger partial charge is 0.255 e. The second kappa shape index (κ2) is 8.84. The van der Waals surface area contributed by atoms with E-state index in [1.54, 1.807) is 19.1 Å². The van der Waals surface area contributed by atoms with Gasteiger partial charge in [-0.1, -0.05) is 28.4 Å². The van der Waals surface area contributed by atoms with Gasteiger partial charge in [-0.2, -0.15) is 0 Å². The Morgan fingerprint density at radius 2 is 2.08 bits per heavy atom. The average Bonchev–Trinajstić information content (AvgIpc) is 2.95. The Balaban J connectivity index is 2.11. The van der Waals surface area contributed by atoms with Crippen LogP contribution in [-0.4, -0.2) is 48.7 Å². The Bertz CT molecular complexity index is 764. The van der Waals surface area contributed by atoms with Crippen molar-refractivity contribution in [2.24, 2.45) is 0 Å². The molecular formula is C16H17Cl2N3O4. The minimum atomic E-state index is -0.414. The van der Waals surface area contributed by atoms with Crippen LogP contribution in [0.2, 0.25) is 10.0 Å². The van der Waals surface area contributed by atoms with Crippen molar-refractivity contribution in [3.63, 3.8) is 0 Å². The van der Waals surface area contributed by atoms with Crippen LogP contribution in [0.1, 0.15) is 16.1 Å². The summed E-state index contributed by atoms with van der Waals surface area (Å²) in [6.07, 6.45) is 0. The molecule has 0 unspecified atom stereocenters. The minimum absolute atomic E-state index is 0.187. The molecule has 7 nitrogen and oxygen atoms in total. The van der Waals surface area contributed by atoms with Gasteiger partial charge in [0.25, 0.3) is 5.91 Å². The molecule has 0 aliphatic carbocycles. The van der Waals surface area contributed by atoms with Crippen LogP contribution in [0.5, 0.6) is 0 Å². The number of benzene rings is 1. The molecule has 1 N–H and O–H groups in total. The van der Waals surface area contributed by atoms with Crippen molar-refractivity contribution < 1.29 is 18.8 Å². The maximum atomic E-state index is 12.7. The van der Waals surface area contributed by atoms with Crippen molar-refractivity contribution in [1.29, 1.82) is 0 Å². The number of nitrogens with zero attached hydrogens (tertiary/aromatic N) is 2. The fraction of sp³-hybridized carbons (Fsp3) is 0.312. The van der Waals surface area contributed by atoms with Gasteiger partial charge in [-0.15, -0.1) is 0 Å². The third-order valence-corrected chi connectivity index (χ3v) is 3.79. The number of rotatable bonds is 7. The number of halogens is 2. The van der Waals surface area contributed by atoms with Gasteiger partial charge in [0, 0.05) is 24.7 Å².